The lowest BCUT2D eigenvalue weighted by Crippen LogP contribution is -2.50. The Hall–Kier alpha value is -5.22. The van der Waals surface area contributed by atoms with E-state index in [1.54, 1.807) is 4.90 Å². The first kappa shape index (κ1) is 38.0. The highest BCUT2D eigenvalue weighted by Crippen LogP contribution is 2.32. The molecule has 4 aromatic rings. The number of alkyl halides is 3. The van der Waals surface area contributed by atoms with Crippen molar-refractivity contribution < 1.29 is 37.0 Å². The Bertz CT molecular complexity index is 1970. The molecule has 0 radical (unpaired) electrons. The highest BCUT2D eigenvalue weighted by Gasteiger charge is 2.32. The molecule has 0 aliphatic carbocycles. The van der Waals surface area contributed by atoms with Gasteiger partial charge in [-0.05, 0) is 63.8 Å². The number of hydrogen-bond acceptors (Lipinski definition) is 10. The lowest BCUT2D eigenvalue weighted by atomic mass is 10.1. The van der Waals surface area contributed by atoms with E-state index in [0.717, 1.165) is 27.5 Å². The van der Waals surface area contributed by atoms with Gasteiger partial charge in [-0.25, -0.2) is 19.3 Å². The van der Waals surface area contributed by atoms with Gasteiger partial charge >= 0.3 is 18.2 Å². The van der Waals surface area contributed by atoms with Crippen molar-refractivity contribution in [3.05, 3.63) is 52.6 Å². The molecule has 1 amide bonds. The van der Waals surface area contributed by atoms with Crippen LogP contribution in [0.1, 0.15) is 50.9 Å². The number of anilines is 2. The van der Waals surface area contributed by atoms with Crippen molar-refractivity contribution in [2.24, 2.45) is 13.0 Å². The molecule has 1 saturated heterocycles. The first-order valence-corrected chi connectivity index (χ1v) is 17.0. The van der Waals surface area contributed by atoms with Gasteiger partial charge in [0, 0.05) is 51.7 Å². The number of esters is 1. The molecule has 1 aromatic carbocycles. The monoisotopic (exact) mass is 730 g/mol. The van der Waals surface area contributed by atoms with Gasteiger partial charge < -0.3 is 38.9 Å². The number of imidazole rings is 1. The topological polar surface area (TPSA) is 152 Å². The highest BCUT2D eigenvalue weighted by atomic mass is 19.4. The number of aryl methyl sites for hydroxylation is 1. The summed E-state index contributed by atoms with van der Waals surface area (Å²) in [5.74, 6) is -0.501. The minimum Gasteiger partial charge on any atom is -0.477 e. The summed E-state index contributed by atoms with van der Waals surface area (Å²) in [7, 11) is 2.61. The van der Waals surface area contributed by atoms with Crippen LogP contribution in [-0.2, 0) is 29.6 Å². The van der Waals surface area contributed by atoms with Crippen LogP contribution in [0.4, 0.5) is 29.6 Å². The number of benzene rings is 1. The molecule has 4 heterocycles. The van der Waals surface area contributed by atoms with Crippen LogP contribution in [-0.4, -0.2) is 92.5 Å². The van der Waals surface area contributed by atoms with E-state index < -0.39 is 29.9 Å². The number of amides is 1. The first-order chi connectivity index (χ1) is 24.4. The fourth-order valence-electron chi connectivity index (χ4n) is 6.12. The number of nitrogens with two attached hydrogens (primary N) is 1. The zero-order chi connectivity index (χ0) is 38.0. The normalized spacial score (nSPS) is 14.5. The number of carbonyl (C=O) groups excluding carboxylic acids is 2. The zero-order valence-electron chi connectivity index (χ0n) is 30.2. The van der Waals surface area contributed by atoms with Crippen molar-refractivity contribution in [1.82, 2.24) is 28.8 Å². The number of nitrogen functional groups attached to an aromatic ring is 1. The van der Waals surface area contributed by atoms with Crippen molar-refractivity contribution in [1.29, 1.82) is 0 Å². The molecule has 0 saturated carbocycles. The molecule has 0 spiro atoms. The van der Waals surface area contributed by atoms with Crippen LogP contribution in [0.5, 0.6) is 5.88 Å². The molecule has 0 bridgehead atoms. The Kier molecular flexibility index (Phi) is 11.1. The smallest absolute Gasteiger partial charge is 0.410 e. The van der Waals surface area contributed by atoms with Crippen molar-refractivity contribution in [3.8, 4) is 17.0 Å². The molecule has 14 nitrogen and oxygen atoms in total. The number of piperazine rings is 1. The van der Waals surface area contributed by atoms with Gasteiger partial charge in [0.2, 0.25) is 11.8 Å². The number of fused-ring (bicyclic) bond motifs is 1. The van der Waals surface area contributed by atoms with Gasteiger partial charge in [-0.3, -0.25) is 4.79 Å². The van der Waals surface area contributed by atoms with Crippen molar-refractivity contribution >= 4 is 34.7 Å². The third-order valence-corrected chi connectivity index (χ3v) is 8.65. The lowest BCUT2D eigenvalue weighted by Gasteiger charge is -2.36. The van der Waals surface area contributed by atoms with Gasteiger partial charge in [-0.15, -0.1) is 0 Å². The molecule has 1 fully saturated rings. The van der Waals surface area contributed by atoms with Gasteiger partial charge in [0.1, 0.15) is 12.1 Å². The molecule has 1 aliphatic heterocycles. The van der Waals surface area contributed by atoms with E-state index in [-0.39, 0.29) is 41.2 Å². The quantitative estimate of drug-likeness (QED) is 0.163. The third kappa shape index (κ3) is 8.98. The largest absolute Gasteiger partial charge is 0.477 e. The van der Waals surface area contributed by atoms with Gasteiger partial charge in [0.25, 0.3) is 5.56 Å². The van der Waals surface area contributed by atoms with Gasteiger partial charge in [0.15, 0.2) is 0 Å². The summed E-state index contributed by atoms with van der Waals surface area (Å²) >= 11 is 0. The SMILES string of the molecule is COC(=O)c1cc(-c2cnn(CC(F)(F)F)c2OCCC[C@@H](C)Cn2c(N)nc3ccc(N4CCN(C(=O)OC(C)(C)C)CC4)cc32)c(=O)n(C)c1. The van der Waals surface area contributed by atoms with E-state index >= 15 is 0 Å². The summed E-state index contributed by atoms with van der Waals surface area (Å²) in [5.41, 5.74) is 7.86. The van der Waals surface area contributed by atoms with Crippen LogP contribution in [0.3, 0.4) is 0 Å². The molecule has 5 rings (SSSR count). The Morgan fingerprint density at radius 3 is 2.42 bits per heavy atom. The fraction of sp³-hybridized carbons (Fsp3) is 0.514. The van der Waals surface area contributed by atoms with Crippen LogP contribution < -0.4 is 20.9 Å². The second-order valence-corrected chi connectivity index (χ2v) is 14.0. The summed E-state index contributed by atoms with van der Waals surface area (Å²) < 4.78 is 60.3. The predicted molar refractivity (Wildman–Crippen MR) is 188 cm³/mol. The van der Waals surface area contributed by atoms with Crippen LogP contribution >= 0.6 is 0 Å². The van der Waals surface area contributed by atoms with E-state index in [0.29, 0.717) is 56.2 Å². The van der Waals surface area contributed by atoms with Crippen molar-refractivity contribution in [2.45, 2.75) is 65.4 Å². The zero-order valence-corrected chi connectivity index (χ0v) is 30.2. The van der Waals surface area contributed by atoms with Crippen molar-refractivity contribution in [2.75, 3.05) is 50.5 Å². The molecule has 0 unspecified atom stereocenters. The van der Waals surface area contributed by atoms with Crippen LogP contribution in [0.25, 0.3) is 22.2 Å². The fourth-order valence-corrected chi connectivity index (χ4v) is 6.12. The van der Waals surface area contributed by atoms with E-state index in [1.807, 2.05) is 50.5 Å². The number of carbonyl (C=O) groups is 2. The molecule has 282 valence electrons. The van der Waals surface area contributed by atoms with E-state index in [2.05, 4.69) is 15.0 Å². The maximum Gasteiger partial charge on any atom is 0.410 e. The Morgan fingerprint density at radius 1 is 1.06 bits per heavy atom. The van der Waals surface area contributed by atoms with Crippen LogP contribution in [0.2, 0.25) is 0 Å². The second kappa shape index (κ2) is 15.2. The van der Waals surface area contributed by atoms with E-state index in [1.165, 1.54) is 26.4 Å². The number of nitrogens with zero attached hydrogens (tertiary/aromatic N) is 7. The van der Waals surface area contributed by atoms with Crippen LogP contribution in [0.15, 0.2) is 41.5 Å². The maximum absolute atomic E-state index is 13.5. The van der Waals surface area contributed by atoms with Gasteiger partial charge in [0.05, 0.1) is 47.6 Å². The molecule has 3 aromatic heterocycles. The number of rotatable bonds is 11. The Morgan fingerprint density at radius 2 is 1.77 bits per heavy atom. The molecule has 1 aliphatic rings. The van der Waals surface area contributed by atoms with Crippen LogP contribution in [0, 0.1) is 5.92 Å². The number of halogens is 3. The number of pyridine rings is 1. The summed E-state index contributed by atoms with van der Waals surface area (Å²) in [6, 6.07) is 7.21. The van der Waals surface area contributed by atoms with E-state index in [4.69, 9.17) is 19.9 Å². The molecule has 17 heteroatoms. The number of methoxy groups -OCH3 is 1. The average Bonchev–Trinajstić information content (AvgIpc) is 3.60. The number of ether oxygens (including phenoxy) is 3. The molecular weight excluding hydrogens is 685 g/mol. The molecule has 52 heavy (non-hydrogen) atoms. The number of hydrogen-bond donors (Lipinski definition) is 1. The third-order valence-electron chi connectivity index (χ3n) is 8.65. The highest BCUT2D eigenvalue weighted by molar-refractivity contribution is 5.90. The Labute approximate surface area is 298 Å². The lowest BCUT2D eigenvalue weighted by molar-refractivity contribution is -0.143. The molecule has 2 N–H and O–H groups in total. The maximum atomic E-state index is 13.5. The second-order valence-electron chi connectivity index (χ2n) is 14.0. The first-order valence-electron chi connectivity index (χ1n) is 17.0. The average molecular weight is 731 g/mol. The summed E-state index contributed by atoms with van der Waals surface area (Å²) in [6.07, 6.45) is -1.41. The predicted octanol–water partition coefficient (Wildman–Crippen LogP) is 5.08. The van der Waals surface area contributed by atoms with Gasteiger partial charge in [-0.1, -0.05) is 6.92 Å². The Balaban J connectivity index is 1.25. The summed E-state index contributed by atoms with van der Waals surface area (Å²) in [6.45, 7) is 9.05. The standard InChI is InChI=1S/C35H45F3N8O6/c1-22(19-45-28-17-24(9-10-27(28)41-32(45)39)43-11-13-44(14-12-43)33(49)52-34(2,3)4)8-7-15-51-30-26(18-40-46(30)21-35(36,37)38)25-16-23(31(48)50-6)20-42(5)29(25)47/h9-10,16-18,20,22H,7-8,11-15,19,21H2,1-6H3,(H2,39,41)/t22-/m1/s1. The molecule has 1 atom stereocenters. The van der Waals surface area contributed by atoms with Gasteiger partial charge in [-0.2, -0.15) is 18.3 Å². The van der Waals surface area contributed by atoms with Crippen molar-refractivity contribution in [3.63, 3.8) is 0 Å². The summed E-state index contributed by atoms with van der Waals surface area (Å²) in [5, 5.41) is 3.87. The minimum absolute atomic E-state index is 0.0309. The molecular formula is C35H45F3N8O6. The minimum atomic E-state index is -4.60. The van der Waals surface area contributed by atoms with E-state index in [9.17, 15) is 27.6 Å². The summed E-state index contributed by atoms with van der Waals surface area (Å²) in [4.78, 5) is 46.2. The number of aromatic nitrogens is 5.